The van der Waals surface area contributed by atoms with Crippen molar-refractivity contribution in [1.82, 2.24) is 10.6 Å². The summed E-state index contributed by atoms with van der Waals surface area (Å²) in [5, 5.41) is 14.7. The van der Waals surface area contributed by atoms with Crippen LogP contribution in [0.4, 0.5) is 4.79 Å². The number of piperidine rings is 1. The van der Waals surface area contributed by atoms with Crippen LogP contribution in [0.1, 0.15) is 33.6 Å². The van der Waals surface area contributed by atoms with Crippen molar-refractivity contribution in [2.24, 2.45) is 0 Å². The molecular formula is C11H20N2O4. The van der Waals surface area contributed by atoms with Gasteiger partial charge < -0.3 is 20.5 Å². The average Bonchev–Trinajstić information content (AvgIpc) is 2.15. The first-order chi connectivity index (χ1) is 7.75. The van der Waals surface area contributed by atoms with E-state index in [4.69, 9.17) is 4.74 Å². The monoisotopic (exact) mass is 244 g/mol. The van der Waals surface area contributed by atoms with Crippen LogP contribution in [0.3, 0.4) is 0 Å². The SMILES string of the molecule is CC(C)(C)OC(=O)N[C@@]1(C(=O)O)CCCNC1. The van der Waals surface area contributed by atoms with Crippen molar-refractivity contribution in [3.63, 3.8) is 0 Å². The number of nitrogens with one attached hydrogen (secondary N) is 2. The summed E-state index contributed by atoms with van der Waals surface area (Å²) < 4.78 is 5.07. The first kappa shape index (κ1) is 13.8. The Hall–Kier alpha value is -1.30. The second-order valence-electron chi connectivity index (χ2n) is 5.29. The lowest BCUT2D eigenvalue weighted by molar-refractivity contribution is -0.145. The molecule has 98 valence electrons. The molecule has 1 amide bonds. The second-order valence-corrected chi connectivity index (χ2v) is 5.29. The summed E-state index contributed by atoms with van der Waals surface area (Å²) in [6.45, 7) is 6.20. The summed E-state index contributed by atoms with van der Waals surface area (Å²) in [4.78, 5) is 22.9. The Labute approximate surface area is 101 Å². The Morgan fingerprint density at radius 3 is 2.47 bits per heavy atom. The third-order valence-corrected chi connectivity index (χ3v) is 2.53. The molecule has 0 unspecified atom stereocenters. The second kappa shape index (κ2) is 4.91. The minimum atomic E-state index is -1.25. The Balaban J connectivity index is 2.67. The molecule has 0 aromatic rings. The van der Waals surface area contributed by atoms with Gasteiger partial charge in [-0.1, -0.05) is 0 Å². The Morgan fingerprint density at radius 1 is 1.41 bits per heavy atom. The standard InChI is InChI=1S/C11H20N2O4/c1-10(2,3)17-9(16)13-11(8(14)15)5-4-6-12-7-11/h12H,4-7H2,1-3H3,(H,13,16)(H,14,15)/t11-/m0/s1. The molecule has 1 aliphatic heterocycles. The van der Waals surface area contributed by atoms with Gasteiger partial charge in [0.25, 0.3) is 0 Å². The third kappa shape index (κ3) is 3.89. The number of ether oxygens (including phenoxy) is 1. The van der Waals surface area contributed by atoms with Crippen molar-refractivity contribution in [3.8, 4) is 0 Å². The van der Waals surface area contributed by atoms with Crippen molar-refractivity contribution in [2.45, 2.75) is 44.8 Å². The zero-order valence-electron chi connectivity index (χ0n) is 10.5. The van der Waals surface area contributed by atoms with Crippen LogP contribution in [0.15, 0.2) is 0 Å². The molecule has 0 bridgehead atoms. The largest absolute Gasteiger partial charge is 0.479 e. The number of hydrogen-bond acceptors (Lipinski definition) is 4. The highest BCUT2D eigenvalue weighted by molar-refractivity contribution is 5.84. The van der Waals surface area contributed by atoms with Crippen LogP contribution in [0, 0.1) is 0 Å². The first-order valence-corrected chi connectivity index (χ1v) is 5.70. The molecule has 1 aliphatic rings. The van der Waals surface area contributed by atoms with Crippen molar-refractivity contribution < 1.29 is 19.4 Å². The van der Waals surface area contributed by atoms with Crippen LogP contribution in [0.2, 0.25) is 0 Å². The van der Waals surface area contributed by atoms with Gasteiger partial charge in [0, 0.05) is 6.54 Å². The zero-order chi connectivity index (χ0) is 13.1. The van der Waals surface area contributed by atoms with E-state index in [2.05, 4.69) is 10.6 Å². The lowest BCUT2D eigenvalue weighted by atomic mass is 9.90. The van der Waals surface area contributed by atoms with Gasteiger partial charge >= 0.3 is 12.1 Å². The predicted molar refractivity (Wildman–Crippen MR) is 61.8 cm³/mol. The number of hydrogen-bond donors (Lipinski definition) is 3. The predicted octanol–water partition coefficient (Wildman–Crippen LogP) is 0.718. The van der Waals surface area contributed by atoms with Gasteiger partial charge in [-0.15, -0.1) is 0 Å². The van der Waals surface area contributed by atoms with Gasteiger partial charge in [-0.2, -0.15) is 0 Å². The summed E-state index contributed by atoms with van der Waals surface area (Å²) in [6.07, 6.45) is 0.431. The molecule has 0 spiro atoms. The van der Waals surface area contributed by atoms with E-state index in [9.17, 15) is 14.7 Å². The van der Waals surface area contributed by atoms with Crippen LogP contribution in [0.25, 0.3) is 0 Å². The number of alkyl carbamates (subject to hydrolysis) is 1. The molecule has 6 nitrogen and oxygen atoms in total. The molecule has 0 aliphatic carbocycles. The van der Waals surface area contributed by atoms with Crippen LogP contribution in [-0.2, 0) is 9.53 Å². The fourth-order valence-corrected chi connectivity index (χ4v) is 1.75. The minimum Gasteiger partial charge on any atom is -0.479 e. The Morgan fingerprint density at radius 2 is 2.06 bits per heavy atom. The molecule has 1 fully saturated rings. The summed E-state index contributed by atoms with van der Waals surface area (Å²) in [6, 6.07) is 0. The van der Waals surface area contributed by atoms with Crippen molar-refractivity contribution >= 4 is 12.1 Å². The molecule has 0 aromatic carbocycles. The highest BCUT2D eigenvalue weighted by Gasteiger charge is 2.42. The Bertz CT molecular complexity index is 303. The maximum Gasteiger partial charge on any atom is 0.408 e. The molecule has 1 heterocycles. The first-order valence-electron chi connectivity index (χ1n) is 5.70. The number of carboxylic acids is 1. The molecule has 6 heteroatoms. The average molecular weight is 244 g/mol. The van der Waals surface area contributed by atoms with E-state index < -0.39 is 23.2 Å². The van der Waals surface area contributed by atoms with E-state index in [-0.39, 0.29) is 6.54 Å². The van der Waals surface area contributed by atoms with Gasteiger partial charge in [0.05, 0.1) is 0 Å². The molecule has 1 saturated heterocycles. The number of aliphatic carboxylic acids is 1. The molecule has 3 N–H and O–H groups in total. The number of carboxylic acid groups (broad SMARTS) is 1. The van der Waals surface area contributed by atoms with Gasteiger partial charge in [-0.05, 0) is 40.2 Å². The number of rotatable bonds is 2. The molecule has 0 radical (unpaired) electrons. The van der Waals surface area contributed by atoms with Gasteiger partial charge in [-0.25, -0.2) is 9.59 Å². The fraction of sp³-hybridized carbons (Fsp3) is 0.818. The van der Waals surface area contributed by atoms with Crippen LogP contribution >= 0.6 is 0 Å². The summed E-state index contributed by atoms with van der Waals surface area (Å²) in [5.41, 5.74) is -1.88. The van der Waals surface area contributed by atoms with E-state index in [0.29, 0.717) is 12.8 Å². The van der Waals surface area contributed by atoms with Crippen molar-refractivity contribution in [2.75, 3.05) is 13.1 Å². The molecule has 1 atom stereocenters. The maximum atomic E-state index is 11.6. The highest BCUT2D eigenvalue weighted by Crippen LogP contribution is 2.18. The maximum absolute atomic E-state index is 11.6. The zero-order valence-corrected chi connectivity index (χ0v) is 10.5. The van der Waals surface area contributed by atoms with Crippen molar-refractivity contribution in [3.05, 3.63) is 0 Å². The lowest BCUT2D eigenvalue weighted by Crippen LogP contribution is -2.63. The van der Waals surface area contributed by atoms with Gasteiger partial charge in [0.1, 0.15) is 5.60 Å². The number of amides is 1. The van der Waals surface area contributed by atoms with Crippen LogP contribution < -0.4 is 10.6 Å². The number of carbonyl (C=O) groups excluding carboxylic acids is 1. The van der Waals surface area contributed by atoms with E-state index in [1.807, 2.05) is 0 Å². The van der Waals surface area contributed by atoms with Gasteiger partial charge in [0.15, 0.2) is 5.54 Å². The topological polar surface area (TPSA) is 87.7 Å². The van der Waals surface area contributed by atoms with Crippen LogP contribution in [0.5, 0.6) is 0 Å². The van der Waals surface area contributed by atoms with Crippen molar-refractivity contribution in [1.29, 1.82) is 0 Å². The summed E-state index contributed by atoms with van der Waals surface area (Å²) >= 11 is 0. The third-order valence-electron chi connectivity index (χ3n) is 2.53. The highest BCUT2D eigenvalue weighted by atomic mass is 16.6. The molecule has 1 rings (SSSR count). The van der Waals surface area contributed by atoms with E-state index in [1.165, 1.54) is 0 Å². The summed E-state index contributed by atoms with van der Waals surface area (Å²) in [7, 11) is 0. The van der Waals surface area contributed by atoms with E-state index in [0.717, 1.165) is 6.54 Å². The molecular weight excluding hydrogens is 224 g/mol. The van der Waals surface area contributed by atoms with Gasteiger partial charge in [-0.3, -0.25) is 0 Å². The van der Waals surface area contributed by atoms with Gasteiger partial charge in [0.2, 0.25) is 0 Å². The molecule has 0 aromatic heterocycles. The molecule has 0 saturated carbocycles. The molecule has 17 heavy (non-hydrogen) atoms. The van der Waals surface area contributed by atoms with E-state index >= 15 is 0 Å². The lowest BCUT2D eigenvalue weighted by Gasteiger charge is -2.34. The Kier molecular flexibility index (Phi) is 3.98. The quantitative estimate of drug-likeness (QED) is 0.666. The minimum absolute atomic E-state index is 0.224. The summed E-state index contributed by atoms with van der Waals surface area (Å²) in [5.74, 6) is -1.03. The normalized spacial score (nSPS) is 25.1. The fourth-order valence-electron chi connectivity index (χ4n) is 1.75. The van der Waals surface area contributed by atoms with Crippen LogP contribution in [-0.4, -0.2) is 41.4 Å². The smallest absolute Gasteiger partial charge is 0.408 e. The number of carbonyl (C=O) groups is 2. The van der Waals surface area contributed by atoms with E-state index in [1.54, 1.807) is 20.8 Å².